The molecule has 0 aromatic carbocycles. The number of hydrogen-bond acceptors (Lipinski definition) is 6. The van der Waals surface area contributed by atoms with Crippen LogP contribution < -0.4 is 9.88 Å². The number of aliphatic hydroxyl groups is 2. The molecule has 0 spiro atoms. The quantitative estimate of drug-likeness (QED) is 0.571. The monoisotopic (exact) mass is 336 g/mol. The van der Waals surface area contributed by atoms with Gasteiger partial charge in [0, 0.05) is 13.5 Å². The van der Waals surface area contributed by atoms with E-state index >= 15 is 0 Å². The zero-order valence-electron chi connectivity index (χ0n) is 13.9. The number of rotatable bonds is 4. The summed E-state index contributed by atoms with van der Waals surface area (Å²) in [5, 5.41) is 33.5. The molecule has 0 saturated heterocycles. The zero-order chi connectivity index (χ0) is 17.7. The van der Waals surface area contributed by atoms with E-state index in [1.807, 2.05) is 4.57 Å². The van der Waals surface area contributed by atoms with E-state index < -0.39 is 23.3 Å². The molecule has 9 nitrogen and oxygen atoms in total. The predicted octanol–water partition coefficient (Wildman–Crippen LogP) is -0.186. The highest BCUT2D eigenvalue weighted by Gasteiger charge is 2.59. The number of unbranched alkanes of at least 4 members (excludes halogenated alkanes) is 1. The zero-order valence-corrected chi connectivity index (χ0v) is 13.9. The molecular formula is C15H22N5O4+. The SMILES string of the molecule is CCCCn1cnc2c3[n+](cnc21)C(C)(O)C(O)C(C)(C(=O)O)N3. The topological polar surface area (TPSA) is 124 Å². The molecule has 0 radical (unpaired) electrons. The lowest BCUT2D eigenvalue weighted by Gasteiger charge is -2.41. The van der Waals surface area contributed by atoms with Gasteiger partial charge in [0.2, 0.25) is 23.2 Å². The Morgan fingerprint density at radius 3 is 2.79 bits per heavy atom. The van der Waals surface area contributed by atoms with Gasteiger partial charge in [0.15, 0.2) is 11.6 Å². The van der Waals surface area contributed by atoms with Gasteiger partial charge in [-0.15, -0.1) is 0 Å². The number of aromatic nitrogens is 4. The summed E-state index contributed by atoms with van der Waals surface area (Å²) in [5.74, 6) is -0.952. The van der Waals surface area contributed by atoms with Crippen LogP contribution in [0.15, 0.2) is 12.7 Å². The Morgan fingerprint density at radius 1 is 1.46 bits per heavy atom. The molecule has 2 aromatic heterocycles. The summed E-state index contributed by atoms with van der Waals surface area (Å²) in [6.07, 6.45) is 3.44. The molecule has 3 rings (SSSR count). The fourth-order valence-electron chi connectivity index (χ4n) is 3.08. The maximum absolute atomic E-state index is 11.7. The molecule has 3 unspecified atom stereocenters. The Morgan fingerprint density at radius 2 is 2.17 bits per heavy atom. The molecule has 1 aliphatic heterocycles. The molecule has 9 heteroatoms. The van der Waals surface area contributed by atoms with Gasteiger partial charge in [0.1, 0.15) is 0 Å². The van der Waals surface area contributed by atoms with Gasteiger partial charge in [-0.2, -0.15) is 0 Å². The molecular weight excluding hydrogens is 314 g/mol. The van der Waals surface area contributed by atoms with Gasteiger partial charge in [-0.1, -0.05) is 18.3 Å². The van der Waals surface area contributed by atoms with Crippen molar-refractivity contribution in [1.29, 1.82) is 0 Å². The number of aryl methyl sites for hydroxylation is 1. The van der Waals surface area contributed by atoms with Crippen molar-refractivity contribution in [3.05, 3.63) is 12.7 Å². The third-order valence-corrected chi connectivity index (χ3v) is 4.70. The van der Waals surface area contributed by atoms with Gasteiger partial charge in [0.05, 0.1) is 6.33 Å². The van der Waals surface area contributed by atoms with Crippen LogP contribution in [-0.4, -0.2) is 47.5 Å². The number of imidazole rings is 1. The van der Waals surface area contributed by atoms with E-state index in [1.165, 1.54) is 24.7 Å². The summed E-state index contributed by atoms with van der Waals surface area (Å²) in [6.45, 7) is 5.52. The van der Waals surface area contributed by atoms with Crippen molar-refractivity contribution in [3.63, 3.8) is 0 Å². The van der Waals surface area contributed by atoms with E-state index in [-0.39, 0.29) is 0 Å². The largest absolute Gasteiger partial charge is 0.478 e. The summed E-state index contributed by atoms with van der Waals surface area (Å²) in [6, 6.07) is 0. The Hall–Kier alpha value is -2.26. The molecule has 4 N–H and O–H groups in total. The van der Waals surface area contributed by atoms with Gasteiger partial charge in [-0.05, 0) is 13.3 Å². The smallest absolute Gasteiger partial charge is 0.346 e. The van der Waals surface area contributed by atoms with E-state index in [9.17, 15) is 20.1 Å². The number of hydrogen-bond donors (Lipinski definition) is 4. The third-order valence-electron chi connectivity index (χ3n) is 4.70. The standard InChI is InChI=1S/C15H21N5O4/c1-4-5-6-19-7-16-9-10(19)17-8-20-11(9)18-14(2,13(22)23)12(21)15(20,3)24/h7-8,12,21,24H,4-6H2,1-3H3,(H,22,23)/p+1. The summed E-state index contributed by atoms with van der Waals surface area (Å²) in [4.78, 5) is 20.3. The minimum Gasteiger partial charge on any atom is -0.478 e. The highest BCUT2D eigenvalue weighted by atomic mass is 16.4. The molecule has 1 aliphatic rings. The summed E-state index contributed by atoms with van der Waals surface area (Å²) in [5.41, 5.74) is -2.55. The highest BCUT2D eigenvalue weighted by Crippen LogP contribution is 2.33. The van der Waals surface area contributed by atoms with E-state index in [1.54, 1.807) is 6.33 Å². The van der Waals surface area contributed by atoms with E-state index in [2.05, 4.69) is 22.2 Å². The van der Waals surface area contributed by atoms with Crippen molar-refractivity contribution in [3.8, 4) is 0 Å². The summed E-state index contributed by atoms with van der Waals surface area (Å²) >= 11 is 0. The number of carbonyl (C=O) groups is 1. The second-order valence-electron chi connectivity index (χ2n) is 6.56. The van der Waals surface area contributed by atoms with Crippen LogP contribution in [0.4, 0.5) is 5.82 Å². The van der Waals surface area contributed by atoms with Crippen LogP contribution in [-0.2, 0) is 17.1 Å². The van der Waals surface area contributed by atoms with Crippen LogP contribution >= 0.6 is 0 Å². The Bertz CT molecular complexity index is 803. The lowest BCUT2D eigenvalue weighted by molar-refractivity contribution is -0.807. The average molecular weight is 336 g/mol. The summed E-state index contributed by atoms with van der Waals surface area (Å²) < 4.78 is 3.21. The molecule has 24 heavy (non-hydrogen) atoms. The fourth-order valence-corrected chi connectivity index (χ4v) is 3.08. The Labute approximate surface area is 138 Å². The Balaban J connectivity index is 2.20. The van der Waals surface area contributed by atoms with Crippen molar-refractivity contribution in [2.75, 3.05) is 5.32 Å². The molecule has 3 atom stereocenters. The maximum Gasteiger partial charge on any atom is 0.346 e. The van der Waals surface area contributed by atoms with Gasteiger partial charge in [-0.25, -0.2) is 14.3 Å². The number of nitrogens with zero attached hydrogens (tertiary/aromatic N) is 4. The summed E-state index contributed by atoms with van der Waals surface area (Å²) in [7, 11) is 0. The van der Waals surface area contributed by atoms with Crippen molar-refractivity contribution in [1.82, 2.24) is 14.5 Å². The number of carboxylic acids is 1. The first-order valence-corrected chi connectivity index (χ1v) is 7.91. The first kappa shape index (κ1) is 16.6. The minimum absolute atomic E-state index is 0.315. The van der Waals surface area contributed by atoms with Gasteiger partial charge in [0.25, 0.3) is 5.82 Å². The van der Waals surface area contributed by atoms with Crippen molar-refractivity contribution >= 4 is 23.0 Å². The molecule has 0 saturated carbocycles. The lowest BCUT2D eigenvalue weighted by atomic mass is 9.85. The third kappa shape index (κ3) is 2.15. The molecule has 0 aliphatic carbocycles. The number of aliphatic hydroxyl groups excluding tert-OH is 1. The molecule has 130 valence electrons. The fraction of sp³-hybridized carbons (Fsp3) is 0.600. The van der Waals surface area contributed by atoms with Gasteiger partial charge >= 0.3 is 5.97 Å². The first-order chi connectivity index (χ1) is 11.2. The lowest BCUT2D eigenvalue weighted by Crippen LogP contribution is -2.75. The van der Waals surface area contributed by atoms with Crippen LogP contribution in [0.3, 0.4) is 0 Å². The Kier molecular flexibility index (Phi) is 3.72. The van der Waals surface area contributed by atoms with Crippen LogP contribution in [0.25, 0.3) is 11.2 Å². The van der Waals surface area contributed by atoms with Crippen LogP contribution in [0.2, 0.25) is 0 Å². The van der Waals surface area contributed by atoms with Gasteiger partial charge in [-0.3, -0.25) is 5.32 Å². The first-order valence-electron chi connectivity index (χ1n) is 7.91. The molecule has 2 aromatic rings. The van der Waals surface area contributed by atoms with E-state index in [0.717, 1.165) is 19.4 Å². The molecule has 0 bridgehead atoms. The van der Waals surface area contributed by atoms with Crippen LogP contribution in [0.1, 0.15) is 33.6 Å². The van der Waals surface area contributed by atoms with E-state index in [4.69, 9.17) is 0 Å². The highest BCUT2D eigenvalue weighted by molar-refractivity contribution is 5.88. The van der Waals surface area contributed by atoms with Gasteiger partial charge < -0.3 is 19.9 Å². The molecule has 0 fully saturated rings. The van der Waals surface area contributed by atoms with Crippen LogP contribution in [0, 0.1) is 0 Å². The van der Waals surface area contributed by atoms with Crippen molar-refractivity contribution < 1.29 is 24.7 Å². The van der Waals surface area contributed by atoms with E-state index in [0.29, 0.717) is 17.0 Å². The normalized spacial score (nSPS) is 29.3. The average Bonchev–Trinajstić information content (AvgIpc) is 2.94. The number of nitrogens with one attached hydrogen (secondary N) is 1. The maximum atomic E-state index is 11.7. The second kappa shape index (κ2) is 5.38. The number of anilines is 1. The predicted molar refractivity (Wildman–Crippen MR) is 84.2 cm³/mol. The molecule has 0 amide bonds. The number of carboxylic acid groups (broad SMARTS) is 1. The number of fused-ring (bicyclic) bond motifs is 3. The number of aliphatic carboxylic acids is 1. The second-order valence-corrected chi connectivity index (χ2v) is 6.56. The molecule has 3 heterocycles. The minimum atomic E-state index is -1.85. The van der Waals surface area contributed by atoms with Crippen molar-refractivity contribution in [2.45, 2.75) is 57.5 Å². The van der Waals surface area contributed by atoms with Crippen molar-refractivity contribution in [2.24, 2.45) is 0 Å². The van der Waals surface area contributed by atoms with Crippen LogP contribution in [0.5, 0.6) is 0 Å².